The average Bonchev–Trinajstić information content (AvgIpc) is 3.00. The van der Waals surface area contributed by atoms with Crippen LogP contribution in [0.3, 0.4) is 0 Å². The Hall–Kier alpha value is -2.75. The molecule has 1 aliphatic heterocycles. The van der Waals surface area contributed by atoms with E-state index in [-0.39, 0.29) is 0 Å². The predicted molar refractivity (Wildman–Crippen MR) is 93.2 cm³/mol. The number of nitrogens with zero attached hydrogens (tertiary/aromatic N) is 1. The summed E-state index contributed by atoms with van der Waals surface area (Å²) in [6.07, 6.45) is 0.954. The number of hydrogen-bond acceptors (Lipinski definition) is 3. The van der Waals surface area contributed by atoms with Crippen molar-refractivity contribution in [2.45, 2.75) is 13.3 Å². The molecule has 0 unspecified atom stereocenters. The van der Waals surface area contributed by atoms with E-state index in [2.05, 4.69) is 34.1 Å². The second-order valence-electron chi connectivity index (χ2n) is 5.74. The zero-order chi connectivity index (χ0) is 15.8. The fraction of sp³-hybridized carbons (Fsp3) is 0.211. The maximum atomic E-state index is 6.41. The summed E-state index contributed by atoms with van der Waals surface area (Å²) in [5.41, 5.74) is 10.7. The number of H-pyrrole nitrogens is 1. The Morgan fingerprint density at radius 3 is 2.70 bits per heavy atom. The summed E-state index contributed by atoms with van der Waals surface area (Å²) in [4.78, 5) is 5.84. The molecule has 0 radical (unpaired) electrons. The van der Waals surface area contributed by atoms with E-state index in [4.69, 9.17) is 10.5 Å². The average molecular weight is 306 g/mol. The first kappa shape index (κ1) is 13.9. The molecular weight excluding hydrogens is 286 g/mol. The fourth-order valence-corrected chi connectivity index (χ4v) is 3.29. The summed E-state index contributed by atoms with van der Waals surface area (Å²) < 4.78 is 5.52. The molecule has 0 aliphatic carbocycles. The van der Waals surface area contributed by atoms with Crippen molar-refractivity contribution < 1.29 is 9.72 Å². The highest BCUT2D eigenvalue weighted by molar-refractivity contribution is 5.92. The number of rotatable bonds is 3. The number of fused-ring (bicyclic) bond motifs is 2. The van der Waals surface area contributed by atoms with Crippen LogP contribution >= 0.6 is 0 Å². The molecule has 2 aromatic carbocycles. The lowest BCUT2D eigenvalue weighted by Crippen LogP contribution is -2.21. The molecule has 2 heterocycles. The van der Waals surface area contributed by atoms with Gasteiger partial charge in [0.15, 0.2) is 0 Å². The largest absolute Gasteiger partial charge is 0.494 e. The van der Waals surface area contributed by atoms with Crippen LogP contribution in [0.5, 0.6) is 5.75 Å². The van der Waals surface area contributed by atoms with Crippen LogP contribution in [0, 0.1) is 0 Å². The molecule has 1 aromatic heterocycles. The van der Waals surface area contributed by atoms with Crippen LogP contribution in [-0.2, 0) is 6.42 Å². The molecule has 0 bridgehead atoms. The van der Waals surface area contributed by atoms with Gasteiger partial charge in [-0.05, 0) is 43.3 Å². The third-order valence-corrected chi connectivity index (χ3v) is 4.40. The van der Waals surface area contributed by atoms with Crippen molar-refractivity contribution in [1.29, 1.82) is 0 Å². The number of hydrogen-bond donors (Lipinski definition) is 1. The molecule has 4 heteroatoms. The summed E-state index contributed by atoms with van der Waals surface area (Å²) >= 11 is 0. The highest BCUT2D eigenvalue weighted by atomic mass is 16.5. The van der Waals surface area contributed by atoms with Gasteiger partial charge in [0.2, 0.25) is 0 Å². The van der Waals surface area contributed by atoms with Crippen molar-refractivity contribution in [1.82, 2.24) is 0 Å². The minimum Gasteiger partial charge on any atom is -0.494 e. The molecule has 4 rings (SSSR count). The minimum absolute atomic E-state index is 0.683. The summed E-state index contributed by atoms with van der Waals surface area (Å²) in [5, 5.41) is 1.10. The number of aromatic nitrogens is 1. The number of para-hydroxylation sites is 1. The second-order valence-corrected chi connectivity index (χ2v) is 5.74. The number of benzene rings is 2. The molecule has 4 nitrogen and oxygen atoms in total. The summed E-state index contributed by atoms with van der Waals surface area (Å²) in [6.45, 7) is 3.61. The van der Waals surface area contributed by atoms with E-state index in [0.717, 1.165) is 46.8 Å². The van der Waals surface area contributed by atoms with E-state index in [1.54, 1.807) is 0 Å². The van der Waals surface area contributed by atoms with Gasteiger partial charge in [-0.1, -0.05) is 12.1 Å². The maximum absolute atomic E-state index is 6.41. The first-order chi connectivity index (χ1) is 11.3. The lowest BCUT2D eigenvalue weighted by atomic mass is 10.1. The van der Waals surface area contributed by atoms with Crippen LogP contribution in [0.4, 0.5) is 17.2 Å². The first-order valence-electron chi connectivity index (χ1n) is 8.00. The minimum atomic E-state index is 0.683. The highest BCUT2D eigenvalue weighted by Crippen LogP contribution is 2.37. The number of nitrogens with two attached hydrogens (primary N) is 1. The van der Waals surface area contributed by atoms with E-state index in [1.165, 1.54) is 5.56 Å². The Kier molecular flexibility index (Phi) is 3.30. The second kappa shape index (κ2) is 5.47. The third kappa shape index (κ3) is 2.27. The Morgan fingerprint density at radius 1 is 1.13 bits per heavy atom. The summed E-state index contributed by atoms with van der Waals surface area (Å²) in [5.74, 6) is 2.00. The number of nitrogens with one attached hydrogen (secondary N) is 1. The molecule has 1 aliphatic rings. The molecule has 3 aromatic rings. The van der Waals surface area contributed by atoms with Crippen LogP contribution in [0.1, 0.15) is 12.5 Å². The maximum Gasteiger partial charge on any atom is 0.285 e. The van der Waals surface area contributed by atoms with Crippen molar-refractivity contribution in [3.05, 3.63) is 54.1 Å². The van der Waals surface area contributed by atoms with Gasteiger partial charge in [-0.2, -0.15) is 0 Å². The molecule has 23 heavy (non-hydrogen) atoms. The molecule has 0 saturated heterocycles. The van der Waals surface area contributed by atoms with Gasteiger partial charge in [0, 0.05) is 11.8 Å². The standard InChI is InChI=1S/C19H19N3O/c1-2-23-14-9-7-13(8-10-14)22-12-11-16-18(20)15-5-3-4-6-17(15)21-19(16)22/h3-10H,2,11-12H2,1H3,(H2,20,21)/p+1. The van der Waals surface area contributed by atoms with E-state index in [0.29, 0.717) is 6.61 Å². The highest BCUT2D eigenvalue weighted by Gasteiger charge is 2.32. The predicted octanol–water partition coefficient (Wildman–Crippen LogP) is 3.33. The molecule has 0 spiro atoms. The molecule has 0 saturated carbocycles. The molecular formula is C19H20N3O+. The number of ether oxygens (including phenoxy) is 1. The Balaban J connectivity index is 1.77. The normalized spacial score (nSPS) is 13.3. The van der Waals surface area contributed by atoms with Gasteiger partial charge < -0.3 is 10.5 Å². The SMILES string of the molecule is CCOc1ccc(N2CCc3c2[nH+]c2ccccc2c3N)cc1. The lowest BCUT2D eigenvalue weighted by Gasteiger charge is -2.12. The number of anilines is 3. The molecule has 0 amide bonds. The van der Waals surface area contributed by atoms with E-state index >= 15 is 0 Å². The fourth-order valence-electron chi connectivity index (χ4n) is 3.29. The van der Waals surface area contributed by atoms with Gasteiger partial charge in [0.1, 0.15) is 17.0 Å². The molecule has 0 atom stereocenters. The van der Waals surface area contributed by atoms with E-state index < -0.39 is 0 Å². The summed E-state index contributed by atoms with van der Waals surface area (Å²) in [7, 11) is 0. The van der Waals surface area contributed by atoms with Crippen LogP contribution in [-0.4, -0.2) is 13.2 Å². The van der Waals surface area contributed by atoms with Crippen molar-refractivity contribution in [3.63, 3.8) is 0 Å². The number of nitrogen functional groups attached to an aromatic ring is 1. The Bertz CT molecular complexity index is 858. The third-order valence-electron chi connectivity index (χ3n) is 4.40. The van der Waals surface area contributed by atoms with Gasteiger partial charge in [-0.15, -0.1) is 0 Å². The van der Waals surface area contributed by atoms with Crippen LogP contribution in [0.2, 0.25) is 0 Å². The number of aromatic amines is 1. The van der Waals surface area contributed by atoms with Crippen molar-refractivity contribution in [2.24, 2.45) is 0 Å². The van der Waals surface area contributed by atoms with E-state index in [9.17, 15) is 0 Å². The van der Waals surface area contributed by atoms with Gasteiger partial charge in [-0.3, -0.25) is 0 Å². The van der Waals surface area contributed by atoms with Crippen LogP contribution in [0.25, 0.3) is 10.9 Å². The van der Waals surface area contributed by atoms with Gasteiger partial charge >= 0.3 is 0 Å². The van der Waals surface area contributed by atoms with E-state index in [1.807, 2.05) is 31.2 Å². The molecule has 3 N–H and O–H groups in total. The first-order valence-corrected chi connectivity index (χ1v) is 8.00. The van der Waals surface area contributed by atoms with Crippen molar-refractivity contribution in [2.75, 3.05) is 23.8 Å². The Labute approximate surface area is 135 Å². The van der Waals surface area contributed by atoms with Crippen LogP contribution < -0.4 is 20.4 Å². The summed E-state index contributed by atoms with van der Waals surface area (Å²) in [6, 6.07) is 16.4. The topological polar surface area (TPSA) is 52.6 Å². The molecule has 0 fully saturated rings. The van der Waals surface area contributed by atoms with Crippen molar-refractivity contribution in [3.8, 4) is 5.75 Å². The Morgan fingerprint density at radius 2 is 1.91 bits per heavy atom. The number of pyridine rings is 1. The van der Waals surface area contributed by atoms with Gasteiger partial charge in [-0.25, -0.2) is 9.88 Å². The quantitative estimate of drug-likeness (QED) is 0.807. The van der Waals surface area contributed by atoms with Crippen molar-refractivity contribution >= 4 is 28.1 Å². The zero-order valence-corrected chi connectivity index (χ0v) is 13.2. The smallest absolute Gasteiger partial charge is 0.285 e. The zero-order valence-electron chi connectivity index (χ0n) is 13.2. The van der Waals surface area contributed by atoms with Gasteiger partial charge in [0.25, 0.3) is 5.82 Å². The monoisotopic (exact) mass is 306 g/mol. The van der Waals surface area contributed by atoms with Crippen LogP contribution in [0.15, 0.2) is 48.5 Å². The molecule has 116 valence electrons. The van der Waals surface area contributed by atoms with Gasteiger partial charge in [0.05, 0.1) is 24.4 Å². The lowest BCUT2D eigenvalue weighted by molar-refractivity contribution is -0.329.